The molecule has 1 aromatic carbocycles. The average Bonchev–Trinajstić information content (AvgIpc) is 3.05. The van der Waals surface area contributed by atoms with Crippen molar-refractivity contribution in [3.8, 4) is 6.07 Å². The van der Waals surface area contributed by atoms with Gasteiger partial charge in [-0.1, -0.05) is 0 Å². The second kappa shape index (κ2) is 8.37. The number of anilines is 1. The number of Topliss-reactive ketones (excluding diaryl/α,β-unsaturated/α-hetero) is 1. The maximum Gasteiger partial charge on any atom is 0.338 e. The summed E-state index contributed by atoms with van der Waals surface area (Å²) in [5.74, 6) is -2.62. The zero-order chi connectivity index (χ0) is 20.1. The van der Waals surface area contributed by atoms with E-state index in [1.165, 1.54) is 23.5 Å². The molecule has 1 atom stereocenters. The first-order chi connectivity index (χ1) is 12.7. The number of hydrogen-bond acceptors (Lipinski definition) is 9. The summed E-state index contributed by atoms with van der Waals surface area (Å²) in [5, 5.41) is 22.4. The van der Waals surface area contributed by atoms with Crippen molar-refractivity contribution in [2.75, 3.05) is 25.6 Å². The number of nitro benzene ring substituents is 1. The van der Waals surface area contributed by atoms with E-state index < -0.39 is 29.2 Å². The average molecular weight is 388 g/mol. The predicted molar refractivity (Wildman–Crippen MR) is 97.9 cm³/mol. The van der Waals surface area contributed by atoms with E-state index in [9.17, 15) is 25.0 Å². The molecule has 0 fully saturated rings. The molecule has 0 spiro atoms. The number of benzene rings is 1. The zero-order valence-electron chi connectivity index (χ0n) is 14.8. The number of aromatic nitrogens is 1. The Hall–Kier alpha value is -3.32. The molecule has 27 heavy (non-hydrogen) atoms. The number of nitriles is 1. The highest BCUT2D eigenvalue weighted by molar-refractivity contribution is 7.09. The van der Waals surface area contributed by atoms with Crippen LogP contribution in [0.4, 0.5) is 11.4 Å². The highest BCUT2D eigenvalue weighted by Gasteiger charge is 2.25. The van der Waals surface area contributed by atoms with Gasteiger partial charge in [-0.25, -0.2) is 9.78 Å². The number of carbonyl (C=O) groups is 2. The molecule has 0 amide bonds. The molecule has 0 saturated carbocycles. The van der Waals surface area contributed by atoms with Crippen LogP contribution in [0.3, 0.4) is 0 Å². The number of aryl methyl sites for hydroxylation is 1. The monoisotopic (exact) mass is 388 g/mol. The molecule has 0 radical (unpaired) electrons. The van der Waals surface area contributed by atoms with Gasteiger partial charge in [0.15, 0.2) is 18.3 Å². The summed E-state index contributed by atoms with van der Waals surface area (Å²) < 4.78 is 4.94. The molecule has 2 rings (SSSR count). The Kier molecular flexibility index (Phi) is 6.20. The maximum atomic E-state index is 12.2. The third-order valence-corrected chi connectivity index (χ3v) is 4.60. The van der Waals surface area contributed by atoms with Gasteiger partial charge >= 0.3 is 5.97 Å². The number of ether oxygens (including phenoxy) is 1. The van der Waals surface area contributed by atoms with E-state index in [4.69, 9.17) is 4.74 Å². The summed E-state index contributed by atoms with van der Waals surface area (Å²) in [6, 6.07) is 5.74. The van der Waals surface area contributed by atoms with Crippen molar-refractivity contribution in [2.45, 2.75) is 12.8 Å². The first kappa shape index (κ1) is 20.0. The molecule has 0 aliphatic carbocycles. The topological polar surface area (TPSA) is 126 Å². The summed E-state index contributed by atoms with van der Waals surface area (Å²) >= 11 is 1.18. The first-order valence-electron chi connectivity index (χ1n) is 7.71. The van der Waals surface area contributed by atoms with E-state index in [1.807, 2.05) is 6.07 Å². The van der Waals surface area contributed by atoms with Crippen molar-refractivity contribution >= 4 is 34.5 Å². The third-order valence-electron chi connectivity index (χ3n) is 3.57. The molecular formula is C17H16N4O5S. The lowest BCUT2D eigenvalue weighted by Gasteiger charge is -2.13. The van der Waals surface area contributed by atoms with Crippen molar-refractivity contribution in [3.63, 3.8) is 0 Å². The van der Waals surface area contributed by atoms with Gasteiger partial charge in [0, 0.05) is 31.2 Å². The Balaban J connectivity index is 2.11. The molecule has 0 aliphatic heterocycles. The standard InChI is InChI=1S/C17H16N4O5S/c1-10-9-27-16(19-10)12(7-18)15(22)8-26-17(23)11-4-5-13(20(2)3)14(6-11)21(24)25/h4-6,9,12H,8H2,1-3H3/t12-/m0/s1. The Labute approximate surface area is 159 Å². The Bertz CT molecular complexity index is 932. The van der Waals surface area contributed by atoms with Crippen LogP contribution in [0.15, 0.2) is 23.6 Å². The SMILES string of the molecule is Cc1csc([C@@H](C#N)C(=O)COC(=O)c2ccc(N(C)C)c([N+](=O)[O-])c2)n1. The molecular weight excluding hydrogens is 372 g/mol. The lowest BCUT2D eigenvalue weighted by Crippen LogP contribution is -2.20. The minimum atomic E-state index is -1.12. The van der Waals surface area contributed by atoms with Gasteiger partial charge in [0.1, 0.15) is 10.7 Å². The molecule has 2 aromatic rings. The van der Waals surface area contributed by atoms with Crippen LogP contribution in [0, 0.1) is 28.4 Å². The number of ketones is 1. The number of nitro groups is 1. The van der Waals surface area contributed by atoms with Crippen LogP contribution in [-0.2, 0) is 9.53 Å². The molecule has 10 heteroatoms. The lowest BCUT2D eigenvalue weighted by atomic mass is 10.1. The lowest BCUT2D eigenvalue weighted by molar-refractivity contribution is -0.384. The van der Waals surface area contributed by atoms with Crippen LogP contribution in [0.25, 0.3) is 0 Å². The Morgan fingerprint density at radius 1 is 1.44 bits per heavy atom. The molecule has 1 aromatic heterocycles. The van der Waals surface area contributed by atoms with Gasteiger partial charge in [-0.2, -0.15) is 5.26 Å². The quantitative estimate of drug-likeness (QED) is 0.402. The molecule has 1 heterocycles. The molecule has 0 bridgehead atoms. The summed E-state index contributed by atoms with van der Waals surface area (Å²) in [6.07, 6.45) is 0. The van der Waals surface area contributed by atoms with Crippen LogP contribution in [0.2, 0.25) is 0 Å². The number of carbonyl (C=O) groups excluding carboxylic acids is 2. The summed E-state index contributed by atoms with van der Waals surface area (Å²) in [5.41, 5.74) is 0.706. The Morgan fingerprint density at radius 2 is 2.15 bits per heavy atom. The van der Waals surface area contributed by atoms with Crippen LogP contribution >= 0.6 is 11.3 Å². The normalized spacial score (nSPS) is 11.3. The fraction of sp³-hybridized carbons (Fsp3) is 0.294. The van der Waals surface area contributed by atoms with E-state index in [0.29, 0.717) is 16.4 Å². The van der Waals surface area contributed by atoms with Gasteiger partial charge < -0.3 is 9.64 Å². The number of hydrogen-bond donors (Lipinski definition) is 0. The number of esters is 1. The minimum Gasteiger partial charge on any atom is -0.454 e. The van der Waals surface area contributed by atoms with E-state index in [2.05, 4.69) is 4.98 Å². The van der Waals surface area contributed by atoms with E-state index in [0.717, 1.165) is 6.07 Å². The molecule has 9 nitrogen and oxygen atoms in total. The molecule has 0 saturated heterocycles. The van der Waals surface area contributed by atoms with Crippen LogP contribution < -0.4 is 4.90 Å². The van der Waals surface area contributed by atoms with Crippen molar-refractivity contribution in [1.29, 1.82) is 5.26 Å². The van der Waals surface area contributed by atoms with Crippen molar-refractivity contribution in [2.24, 2.45) is 0 Å². The van der Waals surface area contributed by atoms with Gasteiger partial charge in [-0.15, -0.1) is 11.3 Å². The smallest absolute Gasteiger partial charge is 0.338 e. The Morgan fingerprint density at radius 3 is 2.67 bits per heavy atom. The van der Waals surface area contributed by atoms with Crippen LogP contribution in [-0.4, -0.2) is 42.4 Å². The number of thiazole rings is 1. The van der Waals surface area contributed by atoms with Gasteiger partial charge in [-0.05, 0) is 19.1 Å². The number of rotatable bonds is 7. The van der Waals surface area contributed by atoms with Gasteiger partial charge in [-0.3, -0.25) is 14.9 Å². The first-order valence-corrected chi connectivity index (χ1v) is 8.59. The van der Waals surface area contributed by atoms with Crippen molar-refractivity contribution < 1.29 is 19.2 Å². The van der Waals surface area contributed by atoms with Crippen molar-refractivity contribution in [3.05, 3.63) is 50.0 Å². The minimum absolute atomic E-state index is 0.0568. The summed E-state index contributed by atoms with van der Waals surface area (Å²) in [4.78, 5) is 40.6. The highest BCUT2D eigenvalue weighted by Crippen LogP contribution is 2.28. The van der Waals surface area contributed by atoms with E-state index >= 15 is 0 Å². The molecule has 140 valence electrons. The second-order valence-corrected chi connectivity index (χ2v) is 6.68. The van der Waals surface area contributed by atoms with Gasteiger partial charge in [0.05, 0.1) is 16.6 Å². The summed E-state index contributed by atoms with van der Waals surface area (Å²) in [6.45, 7) is 1.11. The van der Waals surface area contributed by atoms with E-state index in [-0.39, 0.29) is 11.3 Å². The highest BCUT2D eigenvalue weighted by atomic mass is 32.1. The zero-order valence-corrected chi connectivity index (χ0v) is 15.6. The molecule has 0 N–H and O–H groups in total. The van der Waals surface area contributed by atoms with E-state index in [1.54, 1.807) is 31.3 Å². The largest absolute Gasteiger partial charge is 0.454 e. The number of nitrogens with zero attached hydrogens (tertiary/aromatic N) is 4. The molecule has 0 aliphatic rings. The second-order valence-electron chi connectivity index (χ2n) is 5.79. The summed E-state index contributed by atoms with van der Waals surface area (Å²) in [7, 11) is 3.28. The van der Waals surface area contributed by atoms with Gasteiger partial charge in [0.2, 0.25) is 0 Å². The molecule has 0 unspecified atom stereocenters. The predicted octanol–water partition coefficient (Wildman–Crippen LogP) is 2.46. The maximum absolute atomic E-state index is 12.2. The fourth-order valence-corrected chi connectivity index (χ4v) is 3.11. The van der Waals surface area contributed by atoms with Crippen LogP contribution in [0.1, 0.15) is 27.0 Å². The van der Waals surface area contributed by atoms with Crippen molar-refractivity contribution in [1.82, 2.24) is 4.98 Å². The van der Waals surface area contributed by atoms with Crippen LogP contribution in [0.5, 0.6) is 0 Å². The van der Waals surface area contributed by atoms with Gasteiger partial charge in [0.25, 0.3) is 5.69 Å². The third kappa shape index (κ3) is 4.65. The fourth-order valence-electron chi connectivity index (χ4n) is 2.25.